The highest BCUT2D eigenvalue weighted by Gasteiger charge is 2.18. The molecule has 0 aliphatic carbocycles. The van der Waals surface area contributed by atoms with Crippen molar-refractivity contribution in [2.45, 2.75) is 24.9 Å². The average molecular weight is 470 g/mol. The lowest BCUT2D eigenvalue weighted by molar-refractivity contribution is -0.384. The lowest BCUT2D eigenvalue weighted by Gasteiger charge is -2.14. The van der Waals surface area contributed by atoms with Crippen molar-refractivity contribution in [3.8, 4) is 5.75 Å². The van der Waals surface area contributed by atoms with Crippen LogP contribution in [0.5, 0.6) is 5.75 Å². The van der Waals surface area contributed by atoms with E-state index in [2.05, 4.69) is 0 Å². The lowest BCUT2D eigenvalue weighted by Crippen LogP contribution is -2.24. The Morgan fingerprint density at radius 2 is 1.84 bits per heavy atom. The lowest BCUT2D eigenvalue weighted by atomic mass is 10.1. The molecule has 0 fully saturated rings. The largest absolute Gasteiger partial charge is 0.508 e. The number of fused-ring (bicyclic) bond motifs is 1. The van der Waals surface area contributed by atoms with Gasteiger partial charge in [0.15, 0.2) is 0 Å². The first-order valence-corrected chi connectivity index (χ1v) is 11.4. The van der Waals surface area contributed by atoms with Gasteiger partial charge in [-0.1, -0.05) is 23.7 Å². The Bertz CT molecular complexity index is 1410. The normalized spacial score (nSPS) is 11.2. The predicted octanol–water partition coefficient (Wildman–Crippen LogP) is 5.20. The van der Waals surface area contributed by atoms with Gasteiger partial charge in [0.05, 0.1) is 28.9 Å². The van der Waals surface area contributed by atoms with Gasteiger partial charge >= 0.3 is 0 Å². The van der Waals surface area contributed by atoms with Gasteiger partial charge in [-0.3, -0.25) is 19.6 Å². The molecule has 4 aromatic rings. The van der Waals surface area contributed by atoms with Crippen LogP contribution in [0.4, 0.5) is 5.69 Å². The maximum atomic E-state index is 13.4. The van der Waals surface area contributed by atoms with E-state index in [0.717, 1.165) is 21.5 Å². The number of hydrogen-bond donors (Lipinski definition) is 1. The third-order valence-electron chi connectivity index (χ3n) is 5.39. The quantitative estimate of drug-likeness (QED) is 0.238. The van der Waals surface area contributed by atoms with Gasteiger partial charge in [-0.05, 0) is 54.6 Å². The Morgan fingerprint density at radius 1 is 1.06 bits per heavy atom. The minimum absolute atomic E-state index is 0.0117. The van der Waals surface area contributed by atoms with Crippen LogP contribution in [0.1, 0.15) is 16.7 Å². The number of thioether (sulfide) groups is 1. The molecule has 9 heteroatoms. The first-order valence-electron chi connectivity index (χ1n) is 9.77. The van der Waals surface area contributed by atoms with Crippen LogP contribution in [-0.4, -0.2) is 25.6 Å². The molecule has 7 nitrogen and oxygen atoms in total. The summed E-state index contributed by atoms with van der Waals surface area (Å²) in [6.07, 6.45) is 1.94. The summed E-state index contributed by atoms with van der Waals surface area (Å²) in [6, 6.07) is 15.2. The van der Waals surface area contributed by atoms with E-state index in [9.17, 15) is 20.0 Å². The molecule has 4 rings (SSSR count). The summed E-state index contributed by atoms with van der Waals surface area (Å²) in [6.45, 7) is 2.30. The molecule has 164 valence electrons. The number of benzene rings is 3. The molecule has 0 unspecified atom stereocenters. The molecule has 1 N–H and O–H groups in total. The van der Waals surface area contributed by atoms with E-state index in [1.807, 2.05) is 54.3 Å². The molecule has 1 aromatic heterocycles. The molecule has 1 heterocycles. The van der Waals surface area contributed by atoms with Crippen molar-refractivity contribution in [1.29, 1.82) is 0 Å². The van der Waals surface area contributed by atoms with Crippen LogP contribution in [0.25, 0.3) is 10.9 Å². The molecule has 0 saturated heterocycles. The number of hydrogen-bond acceptors (Lipinski definition) is 5. The van der Waals surface area contributed by atoms with Crippen molar-refractivity contribution in [3.63, 3.8) is 0 Å². The smallest absolute Gasteiger partial charge is 0.274 e. The average Bonchev–Trinajstić information content (AvgIpc) is 3.02. The van der Waals surface area contributed by atoms with Crippen LogP contribution < -0.4 is 5.56 Å². The van der Waals surface area contributed by atoms with E-state index in [-0.39, 0.29) is 23.5 Å². The standard InChI is InChI=1S/C23H20ClN3O4S/c1-14-9-15(3-6-20(14)24)12-25-21-7-5-18(32-2)11-19(21)23(29)26(25)13-16-10-17(27(30)31)4-8-22(16)28/h3-11,28H,12-13H2,1-2H3. The molecule has 0 amide bonds. The third-order valence-corrected chi connectivity index (χ3v) is 6.54. The maximum Gasteiger partial charge on any atom is 0.274 e. The summed E-state index contributed by atoms with van der Waals surface area (Å²) in [5.74, 6) is -0.105. The first-order chi connectivity index (χ1) is 15.3. The molecule has 0 bridgehead atoms. The Labute approximate surface area is 193 Å². The highest BCUT2D eigenvalue weighted by atomic mass is 35.5. The second-order valence-corrected chi connectivity index (χ2v) is 8.74. The summed E-state index contributed by atoms with van der Waals surface area (Å²) in [5, 5.41) is 22.7. The second kappa shape index (κ2) is 8.72. The number of nitrogens with zero attached hydrogens (tertiary/aromatic N) is 3. The van der Waals surface area contributed by atoms with E-state index >= 15 is 0 Å². The minimum atomic E-state index is -0.525. The Kier molecular flexibility index (Phi) is 5.99. The molecule has 32 heavy (non-hydrogen) atoms. The second-order valence-electron chi connectivity index (χ2n) is 7.46. The molecule has 0 saturated carbocycles. The van der Waals surface area contributed by atoms with E-state index in [1.54, 1.807) is 0 Å². The molecular weight excluding hydrogens is 450 g/mol. The molecule has 0 atom stereocenters. The fourth-order valence-corrected chi connectivity index (χ4v) is 4.25. The zero-order chi connectivity index (χ0) is 23.0. The number of phenols is 1. The van der Waals surface area contributed by atoms with Crippen LogP contribution in [0.15, 0.2) is 64.3 Å². The number of non-ortho nitro benzene ring substituents is 1. The van der Waals surface area contributed by atoms with Crippen LogP contribution in [0.3, 0.4) is 0 Å². The Hall–Kier alpha value is -3.23. The third kappa shape index (κ3) is 4.11. The first kappa shape index (κ1) is 22.0. The summed E-state index contributed by atoms with van der Waals surface area (Å²) in [4.78, 5) is 25.0. The van der Waals surface area contributed by atoms with Crippen molar-refractivity contribution < 1.29 is 10.0 Å². The molecular formula is C23H20ClN3O4S. The zero-order valence-electron chi connectivity index (χ0n) is 17.4. The SMILES string of the molecule is CSc1ccc2c(c1)c(=O)n(Cc1cc([N+](=O)[O-])ccc1O)n2Cc1ccc(Cl)c(C)c1. The van der Waals surface area contributed by atoms with E-state index in [0.29, 0.717) is 22.5 Å². The maximum absolute atomic E-state index is 13.4. The number of halogens is 1. The highest BCUT2D eigenvalue weighted by molar-refractivity contribution is 7.98. The number of aromatic hydroxyl groups is 1. The van der Waals surface area contributed by atoms with Crippen LogP contribution in [0.2, 0.25) is 5.02 Å². The Balaban J connectivity index is 1.89. The Morgan fingerprint density at radius 3 is 2.53 bits per heavy atom. The summed E-state index contributed by atoms with van der Waals surface area (Å²) < 4.78 is 3.35. The van der Waals surface area contributed by atoms with Crippen molar-refractivity contribution in [2.75, 3.05) is 6.26 Å². The number of aromatic nitrogens is 2. The summed E-state index contributed by atoms with van der Waals surface area (Å²) in [5.41, 5.74) is 2.54. The van der Waals surface area contributed by atoms with E-state index in [1.165, 1.54) is 34.6 Å². The summed E-state index contributed by atoms with van der Waals surface area (Å²) in [7, 11) is 0. The van der Waals surface area contributed by atoms with Crippen molar-refractivity contribution in [1.82, 2.24) is 9.36 Å². The van der Waals surface area contributed by atoms with Crippen molar-refractivity contribution >= 4 is 40.0 Å². The van der Waals surface area contributed by atoms with E-state index in [4.69, 9.17) is 11.6 Å². The molecule has 0 spiro atoms. The monoisotopic (exact) mass is 469 g/mol. The number of nitro groups is 1. The number of rotatable bonds is 6. The van der Waals surface area contributed by atoms with Gasteiger partial charge in [-0.2, -0.15) is 0 Å². The molecule has 3 aromatic carbocycles. The van der Waals surface area contributed by atoms with Crippen molar-refractivity contribution in [2.24, 2.45) is 0 Å². The predicted molar refractivity (Wildman–Crippen MR) is 127 cm³/mol. The van der Waals surface area contributed by atoms with Gasteiger partial charge < -0.3 is 5.11 Å². The van der Waals surface area contributed by atoms with Crippen LogP contribution in [0, 0.1) is 17.0 Å². The topological polar surface area (TPSA) is 90.3 Å². The fourth-order valence-electron chi connectivity index (χ4n) is 3.70. The number of aryl methyl sites for hydroxylation is 1. The van der Waals surface area contributed by atoms with Crippen LogP contribution in [-0.2, 0) is 13.1 Å². The fraction of sp³-hybridized carbons (Fsp3) is 0.174. The van der Waals surface area contributed by atoms with Gasteiger partial charge in [0.25, 0.3) is 11.2 Å². The molecule has 0 aliphatic rings. The van der Waals surface area contributed by atoms with Gasteiger partial charge in [-0.15, -0.1) is 11.8 Å². The minimum Gasteiger partial charge on any atom is -0.508 e. The molecule has 0 aliphatic heterocycles. The zero-order valence-corrected chi connectivity index (χ0v) is 19.0. The van der Waals surface area contributed by atoms with Gasteiger partial charge in [0.2, 0.25) is 0 Å². The molecule has 0 radical (unpaired) electrons. The summed E-state index contributed by atoms with van der Waals surface area (Å²) >= 11 is 7.70. The number of nitro benzene ring substituents is 1. The van der Waals surface area contributed by atoms with Gasteiger partial charge in [0.1, 0.15) is 5.75 Å². The van der Waals surface area contributed by atoms with E-state index < -0.39 is 4.92 Å². The van der Waals surface area contributed by atoms with Crippen molar-refractivity contribution in [3.05, 3.63) is 96.8 Å². The highest BCUT2D eigenvalue weighted by Crippen LogP contribution is 2.26. The van der Waals surface area contributed by atoms with Gasteiger partial charge in [-0.25, -0.2) is 4.68 Å². The van der Waals surface area contributed by atoms with Gasteiger partial charge in [0, 0.05) is 27.6 Å². The number of phenolic OH excluding ortho intramolecular Hbond substituents is 1. The van der Waals surface area contributed by atoms with Crippen LogP contribution >= 0.6 is 23.4 Å².